The van der Waals surface area contributed by atoms with Crippen LogP contribution < -0.4 is 15.4 Å². The fourth-order valence-corrected chi connectivity index (χ4v) is 2.03. The predicted molar refractivity (Wildman–Crippen MR) is 86.3 cm³/mol. The normalized spacial score (nSPS) is 10.1. The molecule has 0 aromatic heterocycles. The number of para-hydroxylation sites is 2. The molecule has 3 N–H and O–H groups in total. The number of aliphatic hydroxyl groups excluding tert-OH is 1. The van der Waals surface area contributed by atoms with Crippen LogP contribution in [0.2, 0.25) is 5.02 Å². The van der Waals surface area contributed by atoms with Gasteiger partial charge in [0.15, 0.2) is 0 Å². The molecule has 5 nitrogen and oxygen atoms in total. The molecule has 116 valence electrons. The van der Waals surface area contributed by atoms with Gasteiger partial charge in [0.25, 0.3) is 0 Å². The number of aliphatic hydroxyl groups is 1. The van der Waals surface area contributed by atoms with E-state index in [-0.39, 0.29) is 13.2 Å². The van der Waals surface area contributed by atoms with Crippen molar-refractivity contribution in [3.8, 4) is 5.75 Å². The highest BCUT2D eigenvalue weighted by molar-refractivity contribution is 6.30. The number of carbonyl (C=O) groups excluding carboxylic acids is 1. The number of anilines is 1. The van der Waals surface area contributed by atoms with Crippen LogP contribution in [0.25, 0.3) is 0 Å². The quantitative estimate of drug-likeness (QED) is 0.766. The summed E-state index contributed by atoms with van der Waals surface area (Å²) < 4.78 is 5.73. The summed E-state index contributed by atoms with van der Waals surface area (Å²) in [4.78, 5) is 11.6. The number of hydrogen-bond donors (Lipinski definition) is 3. The third-order valence-electron chi connectivity index (χ3n) is 2.82. The Hall–Kier alpha value is -2.24. The zero-order valence-corrected chi connectivity index (χ0v) is 12.6. The van der Waals surface area contributed by atoms with E-state index in [4.69, 9.17) is 21.4 Å². The fourth-order valence-electron chi connectivity index (χ4n) is 1.82. The Morgan fingerprint density at radius 1 is 1.18 bits per heavy atom. The summed E-state index contributed by atoms with van der Waals surface area (Å²) >= 11 is 5.93. The maximum atomic E-state index is 11.6. The lowest BCUT2D eigenvalue weighted by atomic mass is 10.2. The largest absolute Gasteiger partial charge is 0.487 e. The molecule has 0 aliphatic heterocycles. The van der Waals surface area contributed by atoms with Crippen LogP contribution in [0.15, 0.2) is 48.5 Å². The van der Waals surface area contributed by atoms with Gasteiger partial charge < -0.3 is 20.5 Å². The molecule has 22 heavy (non-hydrogen) atoms. The molecule has 6 heteroatoms. The first-order chi connectivity index (χ1) is 10.7. The highest BCUT2D eigenvalue weighted by atomic mass is 35.5. The average molecular weight is 321 g/mol. The van der Waals surface area contributed by atoms with Crippen LogP contribution in [0.1, 0.15) is 5.56 Å². The number of nitrogens with one attached hydrogen (secondary N) is 2. The van der Waals surface area contributed by atoms with Gasteiger partial charge in [-0.15, -0.1) is 0 Å². The Kier molecular flexibility index (Phi) is 6.06. The number of amides is 2. The van der Waals surface area contributed by atoms with Crippen molar-refractivity contribution in [2.45, 2.75) is 6.61 Å². The van der Waals surface area contributed by atoms with Crippen molar-refractivity contribution in [1.29, 1.82) is 0 Å². The van der Waals surface area contributed by atoms with E-state index >= 15 is 0 Å². The first-order valence-corrected chi connectivity index (χ1v) is 7.19. The molecule has 0 aliphatic carbocycles. The standard InChI is InChI=1S/C16H17ClN2O3/c17-13-5-3-4-12(10-13)11-22-15-7-2-1-6-14(15)19-16(21)18-8-9-20/h1-7,10,20H,8-9,11H2,(H2,18,19,21). The first-order valence-electron chi connectivity index (χ1n) is 6.81. The Balaban J connectivity index is 2.00. The number of hydrogen-bond acceptors (Lipinski definition) is 3. The average Bonchev–Trinajstić information content (AvgIpc) is 2.52. The highest BCUT2D eigenvalue weighted by Crippen LogP contribution is 2.25. The van der Waals surface area contributed by atoms with Gasteiger partial charge >= 0.3 is 6.03 Å². The minimum Gasteiger partial charge on any atom is -0.487 e. The summed E-state index contributed by atoms with van der Waals surface area (Å²) in [6.07, 6.45) is 0. The third-order valence-corrected chi connectivity index (χ3v) is 3.05. The van der Waals surface area contributed by atoms with E-state index < -0.39 is 6.03 Å². The van der Waals surface area contributed by atoms with Crippen molar-refractivity contribution in [3.63, 3.8) is 0 Å². The molecule has 0 atom stereocenters. The zero-order chi connectivity index (χ0) is 15.8. The molecule has 0 fully saturated rings. The maximum absolute atomic E-state index is 11.6. The number of halogens is 1. The molecule has 0 bridgehead atoms. The smallest absolute Gasteiger partial charge is 0.319 e. The number of rotatable bonds is 6. The molecular weight excluding hydrogens is 304 g/mol. The number of carbonyl (C=O) groups is 1. The van der Waals surface area contributed by atoms with Crippen LogP contribution in [0.5, 0.6) is 5.75 Å². The van der Waals surface area contributed by atoms with E-state index in [1.165, 1.54) is 0 Å². The van der Waals surface area contributed by atoms with Crippen LogP contribution in [-0.4, -0.2) is 24.3 Å². The molecular formula is C16H17ClN2O3. The van der Waals surface area contributed by atoms with Gasteiger partial charge in [0.2, 0.25) is 0 Å². The predicted octanol–water partition coefficient (Wildman–Crippen LogP) is 3.03. The second kappa shape index (κ2) is 8.26. The van der Waals surface area contributed by atoms with Gasteiger partial charge in [-0.05, 0) is 29.8 Å². The summed E-state index contributed by atoms with van der Waals surface area (Å²) in [5, 5.41) is 14.5. The van der Waals surface area contributed by atoms with Gasteiger partial charge in [0, 0.05) is 11.6 Å². The van der Waals surface area contributed by atoms with Crippen molar-refractivity contribution in [3.05, 3.63) is 59.1 Å². The van der Waals surface area contributed by atoms with Crippen molar-refractivity contribution in [2.24, 2.45) is 0 Å². The molecule has 0 saturated carbocycles. The Labute approximate surface area is 133 Å². The molecule has 0 spiro atoms. The van der Waals surface area contributed by atoms with Crippen LogP contribution in [0, 0.1) is 0 Å². The van der Waals surface area contributed by atoms with Crippen LogP contribution in [0.3, 0.4) is 0 Å². The number of benzene rings is 2. The topological polar surface area (TPSA) is 70.6 Å². The van der Waals surface area contributed by atoms with Gasteiger partial charge in [-0.2, -0.15) is 0 Å². The second-order valence-corrected chi connectivity index (χ2v) is 4.96. The third kappa shape index (κ3) is 4.95. The monoisotopic (exact) mass is 320 g/mol. The summed E-state index contributed by atoms with van der Waals surface area (Å²) in [5.74, 6) is 0.557. The summed E-state index contributed by atoms with van der Waals surface area (Å²) in [5.41, 5.74) is 1.49. The minimum absolute atomic E-state index is 0.111. The Morgan fingerprint density at radius 2 is 2.00 bits per heavy atom. The van der Waals surface area contributed by atoms with Gasteiger partial charge in [-0.1, -0.05) is 35.9 Å². The van der Waals surface area contributed by atoms with Crippen LogP contribution in [0.4, 0.5) is 10.5 Å². The minimum atomic E-state index is -0.396. The molecule has 0 unspecified atom stereocenters. The molecule has 0 heterocycles. The molecule has 0 radical (unpaired) electrons. The second-order valence-electron chi connectivity index (χ2n) is 4.52. The number of urea groups is 1. The summed E-state index contributed by atoms with van der Waals surface area (Å²) in [7, 11) is 0. The number of ether oxygens (including phenoxy) is 1. The van der Waals surface area contributed by atoms with Gasteiger partial charge in [-0.3, -0.25) is 0 Å². The maximum Gasteiger partial charge on any atom is 0.319 e. The molecule has 2 rings (SSSR count). The Bertz CT molecular complexity index is 634. The molecule has 2 aromatic carbocycles. The van der Waals surface area contributed by atoms with E-state index in [0.717, 1.165) is 5.56 Å². The summed E-state index contributed by atoms with van der Waals surface area (Å²) in [6, 6.07) is 14.1. The molecule has 2 aromatic rings. The molecule has 2 amide bonds. The highest BCUT2D eigenvalue weighted by Gasteiger charge is 2.07. The SMILES string of the molecule is O=C(NCCO)Nc1ccccc1OCc1cccc(Cl)c1. The van der Waals surface area contributed by atoms with E-state index in [1.54, 1.807) is 24.3 Å². The van der Waals surface area contributed by atoms with E-state index in [2.05, 4.69) is 10.6 Å². The summed E-state index contributed by atoms with van der Waals surface area (Å²) in [6.45, 7) is 0.426. The van der Waals surface area contributed by atoms with Crippen LogP contribution >= 0.6 is 11.6 Å². The van der Waals surface area contributed by atoms with Gasteiger partial charge in [0.05, 0.1) is 12.3 Å². The zero-order valence-electron chi connectivity index (χ0n) is 11.9. The van der Waals surface area contributed by atoms with Crippen molar-refractivity contribution in [1.82, 2.24) is 5.32 Å². The first kappa shape index (κ1) is 16.1. The lowest BCUT2D eigenvalue weighted by Crippen LogP contribution is -2.31. The van der Waals surface area contributed by atoms with E-state index in [9.17, 15) is 4.79 Å². The fraction of sp³-hybridized carbons (Fsp3) is 0.188. The molecule has 0 saturated heterocycles. The van der Waals surface area contributed by atoms with Crippen LogP contribution in [-0.2, 0) is 6.61 Å². The Morgan fingerprint density at radius 3 is 2.77 bits per heavy atom. The van der Waals surface area contributed by atoms with E-state index in [0.29, 0.717) is 23.1 Å². The molecule has 0 aliphatic rings. The van der Waals surface area contributed by atoms with E-state index in [1.807, 2.05) is 24.3 Å². The van der Waals surface area contributed by atoms with Crippen molar-refractivity contribution >= 4 is 23.3 Å². The lowest BCUT2D eigenvalue weighted by Gasteiger charge is -2.13. The van der Waals surface area contributed by atoms with Crippen molar-refractivity contribution in [2.75, 3.05) is 18.5 Å². The lowest BCUT2D eigenvalue weighted by molar-refractivity contribution is 0.244. The van der Waals surface area contributed by atoms with Crippen molar-refractivity contribution < 1.29 is 14.6 Å². The van der Waals surface area contributed by atoms with Gasteiger partial charge in [-0.25, -0.2) is 4.79 Å². The van der Waals surface area contributed by atoms with Gasteiger partial charge in [0.1, 0.15) is 12.4 Å².